The number of carbonyl (C=O) groups is 1. The van der Waals surface area contributed by atoms with Gasteiger partial charge in [0.05, 0.1) is 12.5 Å². The summed E-state index contributed by atoms with van der Waals surface area (Å²) in [4.78, 5) is 12.2. The Morgan fingerprint density at radius 1 is 0.778 bits per heavy atom. The van der Waals surface area contributed by atoms with Gasteiger partial charge in [-0.1, -0.05) is 72.8 Å². The molecule has 1 atom stereocenters. The monoisotopic (exact) mass is 362 g/mol. The van der Waals surface area contributed by atoms with Crippen molar-refractivity contribution in [2.75, 3.05) is 7.11 Å². The number of carboxylic acids is 1. The van der Waals surface area contributed by atoms with Gasteiger partial charge in [-0.25, -0.2) is 4.79 Å². The second-order valence-corrected chi connectivity index (χ2v) is 6.59. The van der Waals surface area contributed by atoms with E-state index in [1.165, 1.54) is 6.92 Å². The fourth-order valence-corrected chi connectivity index (χ4v) is 3.72. The van der Waals surface area contributed by atoms with Crippen molar-refractivity contribution in [2.24, 2.45) is 0 Å². The quantitative estimate of drug-likeness (QED) is 0.654. The van der Waals surface area contributed by atoms with Gasteiger partial charge in [-0.15, -0.1) is 0 Å². The summed E-state index contributed by atoms with van der Waals surface area (Å²) in [5.41, 5.74) is -1.38. The van der Waals surface area contributed by atoms with E-state index in [9.17, 15) is 15.0 Å². The van der Waals surface area contributed by atoms with Crippen LogP contribution in [0, 0.1) is 0 Å². The zero-order valence-corrected chi connectivity index (χ0v) is 15.3. The Balaban J connectivity index is 2.43. The molecular weight excluding hydrogens is 340 g/mol. The molecule has 0 amide bonds. The standard InChI is InChI=1S/C23H22O4/c1-22(26,21(24)25)23(17-9-5-3-6-10-17,18-11-7-4-8-12-18)19-13-15-20(27-2)16-14-19/h3-16,26H,1-2H3,(H,24,25). The molecule has 3 aromatic carbocycles. The van der Waals surface area contributed by atoms with Gasteiger partial charge in [-0.05, 0) is 35.7 Å². The van der Waals surface area contributed by atoms with Gasteiger partial charge in [0.25, 0.3) is 0 Å². The van der Waals surface area contributed by atoms with E-state index in [0.29, 0.717) is 22.4 Å². The van der Waals surface area contributed by atoms with Gasteiger partial charge >= 0.3 is 5.97 Å². The van der Waals surface area contributed by atoms with Gasteiger partial charge < -0.3 is 14.9 Å². The molecule has 2 N–H and O–H groups in total. The number of ether oxygens (including phenoxy) is 1. The first kappa shape index (κ1) is 18.7. The number of carboxylic acid groups (broad SMARTS) is 1. The summed E-state index contributed by atoms with van der Waals surface area (Å²) in [6.45, 7) is 1.35. The van der Waals surface area contributed by atoms with Gasteiger partial charge in [0.2, 0.25) is 0 Å². The van der Waals surface area contributed by atoms with Crippen molar-refractivity contribution in [1.29, 1.82) is 0 Å². The van der Waals surface area contributed by atoms with Crippen LogP contribution < -0.4 is 4.74 Å². The average Bonchev–Trinajstić information content (AvgIpc) is 2.70. The van der Waals surface area contributed by atoms with Crippen LogP contribution in [0.3, 0.4) is 0 Å². The summed E-state index contributed by atoms with van der Waals surface area (Å²) in [6.07, 6.45) is 0. The molecule has 0 aromatic heterocycles. The summed E-state index contributed by atoms with van der Waals surface area (Å²) in [6, 6.07) is 25.6. The fraction of sp³-hybridized carbons (Fsp3) is 0.174. The number of rotatable bonds is 6. The Kier molecular flexibility index (Phi) is 5.02. The van der Waals surface area contributed by atoms with Crippen LogP contribution in [-0.4, -0.2) is 28.9 Å². The Morgan fingerprint density at radius 3 is 1.56 bits per heavy atom. The highest BCUT2D eigenvalue weighted by Crippen LogP contribution is 2.47. The molecule has 0 aliphatic rings. The molecule has 0 spiro atoms. The highest BCUT2D eigenvalue weighted by atomic mass is 16.5. The molecule has 1 unspecified atom stereocenters. The predicted molar refractivity (Wildman–Crippen MR) is 104 cm³/mol. The second-order valence-electron chi connectivity index (χ2n) is 6.59. The topological polar surface area (TPSA) is 66.8 Å². The largest absolute Gasteiger partial charge is 0.497 e. The SMILES string of the molecule is COc1ccc(C(c2ccccc2)(c2ccccc2)C(C)(O)C(=O)O)cc1. The third-order valence-corrected chi connectivity index (χ3v) is 5.08. The van der Waals surface area contributed by atoms with Crippen LogP contribution >= 0.6 is 0 Å². The maximum absolute atomic E-state index is 12.2. The minimum atomic E-state index is -2.11. The van der Waals surface area contributed by atoms with Crippen LogP contribution in [0.15, 0.2) is 84.9 Å². The second kappa shape index (κ2) is 7.25. The normalized spacial score (nSPS) is 13.6. The van der Waals surface area contributed by atoms with E-state index in [1.807, 2.05) is 60.7 Å². The lowest BCUT2D eigenvalue weighted by Crippen LogP contribution is -2.56. The minimum absolute atomic E-state index is 0.656. The number of hydrogen-bond donors (Lipinski definition) is 2. The number of hydrogen-bond acceptors (Lipinski definition) is 3. The fourth-order valence-electron chi connectivity index (χ4n) is 3.72. The molecule has 4 heteroatoms. The molecule has 27 heavy (non-hydrogen) atoms. The van der Waals surface area contributed by atoms with Crippen molar-refractivity contribution in [3.05, 3.63) is 102 Å². The zero-order chi connectivity index (χ0) is 19.5. The van der Waals surface area contributed by atoms with Crippen molar-refractivity contribution in [1.82, 2.24) is 0 Å². The first-order valence-corrected chi connectivity index (χ1v) is 8.66. The summed E-state index contributed by atoms with van der Waals surface area (Å²) < 4.78 is 5.25. The molecule has 0 bridgehead atoms. The van der Waals surface area contributed by atoms with Gasteiger partial charge in [-0.3, -0.25) is 0 Å². The van der Waals surface area contributed by atoms with Gasteiger partial charge in [0.1, 0.15) is 5.75 Å². The molecule has 0 heterocycles. The summed E-state index contributed by atoms with van der Waals surface area (Å²) >= 11 is 0. The average molecular weight is 362 g/mol. The van der Waals surface area contributed by atoms with E-state index in [0.717, 1.165) is 0 Å². The van der Waals surface area contributed by atoms with Crippen LogP contribution in [0.4, 0.5) is 0 Å². The molecule has 0 saturated carbocycles. The maximum atomic E-state index is 12.2. The highest BCUT2D eigenvalue weighted by Gasteiger charge is 2.56. The first-order chi connectivity index (χ1) is 12.9. The van der Waals surface area contributed by atoms with Crippen LogP contribution in [0.5, 0.6) is 5.75 Å². The predicted octanol–water partition coefficient (Wildman–Crippen LogP) is 3.87. The molecule has 4 nitrogen and oxygen atoms in total. The van der Waals surface area contributed by atoms with Crippen molar-refractivity contribution < 1.29 is 19.7 Å². The molecule has 138 valence electrons. The smallest absolute Gasteiger partial charge is 0.337 e. The summed E-state index contributed by atoms with van der Waals surface area (Å²) in [7, 11) is 1.57. The molecule has 0 fully saturated rings. The van der Waals surface area contributed by atoms with Gasteiger partial charge in [0, 0.05) is 0 Å². The van der Waals surface area contributed by atoms with E-state index in [4.69, 9.17) is 4.74 Å². The lowest BCUT2D eigenvalue weighted by Gasteiger charge is -2.44. The number of benzene rings is 3. The highest BCUT2D eigenvalue weighted by molar-refractivity contribution is 5.83. The van der Waals surface area contributed by atoms with E-state index in [2.05, 4.69) is 0 Å². The van der Waals surface area contributed by atoms with E-state index >= 15 is 0 Å². The van der Waals surface area contributed by atoms with Crippen molar-refractivity contribution in [3.8, 4) is 5.75 Å². The Labute approximate surface area is 158 Å². The van der Waals surface area contributed by atoms with E-state index in [1.54, 1.807) is 31.4 Å². The summed E-state index contributed by atoms with van der Waals surface area (Å²) in [5.74, 6) is -0.644. The molecule has 3 aromatic rings. The Morgan fingerprint density at radius 2 is 1.19 bits per heavy atom. The number of aliphatic carboxylic acids is 1. The third kappa shape index (κ3) is 2.98. The van der Waals surface area contributed by atoms with Crippen molar-refractivity contribution in [3.63, 3.8) is 0 Å². The van der Waals surface area contributed by atoms with Gasteiger partial charge in [0.15, 0.2) is 5.60 Å². The van der Waals surface area contributed by atoms with Crippen LogP contribution in [0.1, 0.15) is 23.6 Å². The maximum Gasteiger partial charge on any atom is 0.337 e. The molecular formula is C23H22O4. The van der Waals surface area contributed by atoms with Crippen LogP contribution in [-0.2, 0) is 10.2 Å². The van der Waals surface area contributed by atoms with Crippen LogP contribution in [0.2, 0.25) is 0 Å². The van der Waals surface area contributed by atoms with Gasteiger partial charge in [-0.2, -0.15) is 0 Å². The molecule has 0 radical (unpaired) electrons. The van der Waals surface area contributed by atoms with E-state index in [-0.39, 0.29) is 0 Å². The molecule has 3 rings (SSSR count). The van der Waals surface area contributed by atoms with Crippen molar-refractivity contribution in [2.45, 2.75) is 17.9 Å². The van der Waals surface area contributed by atoms with Crippen molar-refractivity contribution >= 4 is 5.97 Å². The van der Waals surface area contributed by atoms with Crippen LogP contribution in [0.25, 0.3) is 0 Å². The third-order valence-electron chi connectivity index (χ3n) is 5.08. The molecule has 0 aliphatic heterocycles. The molecule has 0 aliphatic carbocycles. The zero-order valence-electron chi connectivity index (χ0n) is 15.3. The van der Waals surface area contributed by atoms with E-state index < -0.39 is 17.0 Å². The lowest BCUT2D eigenvalue weighted by atomic mass is 9.60. The Hall–Kier alpha value is -3.11. The first-order valence-electron chi connectivity index (χ1n) is 8.66. The molecule has 0 saturated heterocycles. The lowest BCUT2D eigenvalue weighted by molar-refractivity contribution is -0.161. The summed E-state index contributed by atoms with van der Waals surface area (Å²) in [5, 5.41) is 21.3. The number of aliphatic hydroxyl groups is 1. The number of methoxy groups -OCH3 is 1. The minimum Gasteiger partial charge on any atom is -0.497 e. The Bertz CT molecular complexity index is 861.